The van der Waals surface area contributed by atoms with Gasteiger partial charge in [-0.05, 0) is 44.4 Å². The third-order valence-electron chi connectivity index (χ3n) is 3.07. The van der Waals surface area contributed by atoms with Crippen molar-refractivity contribution in [3.8, 4) is 11.4 Å². The third kappa shape index (κ3) is 3.58. The first kappa shape index (κ1) is 13.6. The fourth-order valence-electron chi connectivity index (χ4n) is 2.02. The van der Waals surface area contributed by atoms with E-state index in [4.69, 9.17) is 5.73 Å². The second-order valence-electron chi connectivity index (χ2n) is 4.93. The van der Waals surface area contributed by atoms with Crippen LogP contribution in [0.2, 0.25) is 0 Å². The minimum absolute atomic E-state index is 0.180. The standard InChI is InChI=1S/C15H20N4/c1-4-14(16)7-12-8-17-15(18-9-12)13-5-10(2)19-11(3)6-13/h5-6,8-9,14H,4,7,16H2,1-3H3. The molecule has 0 saturated carbocycles. The lowest BCUT2D eigenvalue weighted by Gasteiger charge is -2.08. The van der Waals surface area contributed by atoms with Crippen molar-refractivity contribution in [1.82, 2.24) is 15.0 Å². The highest BCUT2D eigenvalue weighted by Crippen LogP contribution is 2.16. The van der Waals surface area contributed by atoms with Gasteiger partial charge in [0.15, 0.2) is 5.82 Å². The Labute approximate surface area is 114 Å². The molecule has 0 fully saturated rings. The predicted molar refractivity (Wildman–Crippen MR) is 76.7 cm³/mol. The molecular weight excluding hydrogens is 236 g/mol. The lowest BCUT2D eigenvalue weighted by Crippen LogP contribution is -2.21. The number of aromatic nitrogens is 3. The number of hydrogen-bond acceptors (Lipinski definition) is 4. The van der Waals surface area contributed by atoms with Crippen LogP contribution in [0.15, 0.2) is 24.5 Å². The van der Waals surface area contributed by atoms with Crippen LogP contribution < -0.4 is 5.73 Å². The van der Waals surface area contributed by atoms with Crippen molar-refractivity contribution in [2.24, 2.45) is 5.73 Å². The lowest BCUT2D eigenvalue weighted by molar-refractivity contribution is 0.643. The van der Waals surface area contributed by atoms with Crippen LogP contribution in [0.4, 0.5) is 0 Å². The van der Waals surface area contributed by atoms with E-state index in [0.29, 0.717) is 0 Å². The molecule has 2 aromatic heterocycles. The Morgan fingerprint density at radius 2 is 1.68 bits per heavy atom. The number of aryl methyl sites for hydroxylation is 2. The van der Waals surface area contributed by atoms with Crippen LogP contribution in [-0.2, 0) is 6.42 Å². The van der Waals surface area contributed by atoms with Gasteiger partial charge in [-0.15, -0.1) is 0 Å². The molecule has 2 heterocycles. The van der Waals surface area contributed by atoms with Crippen molar-refractivity contribution in [2.75, 3.05) is 0 Å². The van der Waals surface area contributed by atoms with Crippen LogP contribution in [0.3, 0.4) is 0 Å². The van der Waals surface area contributed by atoms with E-state index in [1.807, 2.05) is 38.4 Å². The fourth-order valence-corrected chi connectivity index (χ4v) is 2.02. The molecule has 4 heteroatoms. The molecule has 0 aliphatic carbocycles. The van der Waals surface area contributed by atoms with E-state index in [1.165, 1.54) is 0 Å². The Morgan fingerprint density at radius 1 is 1.11 bits per heavy atom. The van der Waals surface area contributed by atoms with Gasteiger partial charge in [0.1, 0.15) is 0 Å². The van der Waals surface area contributed by atoms with Gasteiger partial charge in [-0.25, -0.2) is 9.97 Å². The zero-order chi connectivity index (χ0) is 13.8. The Morgan fingerprint density at radius 3 is 2.21 bits per heavy atom. The number of hydrogen-bond donors (Lipinski definition) is 1. The molecular formula is C15H20N4. The van der Waals surface area contributed by atoms with Gasteiger partial charge in [0, 0.05) is 35.4 Å². The number of nitrogens with two attached hydrogens (primary N) is 1. The first-order valence-electron chi connectivity index (χ1n) is 6.60. The highest BCUT2D eigenvalue weighted by molar-refractivity contribution is 5.55. The highest BCUT2D eigenvalue weighted by Gasteiger charge is 2.06. The molecule has 2 aromatic rings. The molecule has 2 N–H and O–H groups in total. The average molecular weight is 256 g/mol. The van der Waals surface area contributed by atoms with E-state index in [9.17, 15) is 0 Å². The van der Waals surface area contributed by atoms with E-state index < -0.39 is 0 Å². The molecule has 4 nitrogen and oxygen atoms in total. The van der Waals surface area contributed by atoms with E-state index in [1.54, 1.807) is 0 Å². The van der Waals surface area contributed by atoms with Crippen molar-refractivity contribution >= 4 is 0 Å². The van der Waals surface area contributed by atoms with Gasteiger partial charge < -0.3 is 5.73 Å². The monoisotopic (exact) mass is 256 g/mol. The molecule has 19 heavy (non-hydrogen) atoms. The number of nitrogens with zero attached hydrogens (tertiary/aromatic N) is 3. The largest absolute Gasteiger partial charge is 0.327 e. The molecule has 0 aromatic carbocycles. The van der Waals surface area contributed by atoms with Gasteiger partial charge in [-0.3, -0.25) is 4.98 Å². The van der Waals surface area contributed by atoms with Crippen molar-refractivity contribution < 1.29 is 0 Å². The van der Waals surface area contributed by atoms with Gasteiger partial charge in [0.25, 0.3) is 0 Å². The topological polar surface area (TPSA) is 64.7 Å². The van der Waals surface area contributed by atoms with Gasteiger partial charge in [-0.2, -0.15) is 0 Å². The predicted octanol–water partition coefficient (Wildman–Crippen LogP) is 2.44. The summed E-state index contributed by atoms with van der Waals surface area (Å²) in [4.78, 5) is 13.2. The van der Waals surface area contributed by atoms with E-state index in [2.05, 4.69) is 21.9 Å². The molecule has 100 valence electrons. The first-order valence-corrected chi connectivity index (χ1v) is 6.60. The van der Waals surface area contributed by atoms with E-state index >= 15 is 0 Å². The second kappa shape index (κ2) is 5.89. The molecule has 0 saturated heterocycles. The summed E-state index contributed by atoms with van der Waals surface area (Å²) in [5.74, 6) is 0.738. The second-order valence-corrected chi connectivity index (χ2v) is 4.93. The maximum atomic E-state index is 5.93. The highest BCUT2D eigenvalue weighted by atomic mass is 14.9. The minimum Gasteiger partial charge on any atom is -0.327 e. The summed E-state index contributed by atoms with van der Waals surface area (Å²) in [6.45, 7) is 6.04. The summed E-state index contributed by atoms with van der Waals surface area (Å²) in [6.07, 6.45) is 5.52. The number of rotatable bonds is 4. The maximum absolute atomic E-state index is 5.93. The SMILES string of the molecule is CCC(N)Cc1cnc(-c2cc(C)nc(C)c2)nc1. The summed E-state index contributed by atoms with van der Waals surface area (Å²) in [6, 6.07) is 4.18. The van der Waals surface area contributed by atoms with Gasteiger partial charge in [0.05, 0.1) is 0 Å². The molecule has 0 bridgehead atoms. The minimum atomic E-state index is 0.180. The van der Waals surface area contributed by atoms with Crippen LogP contribution in [0.1, 0.15) is 30.3 Å². The molecule has 2 rings (SSSR count). The molecule has 0 radical (unpaired) electrons. The fraction of sp³-hybridized carbons (Fsp3) is 0.400. The molecule has 1 atom stereocenters. The van der Waals surface area contributed by atoms with Crippen LogP contribution in [0.25, 0.3) is 11.4 Å². The molecule has 0 aliphatic heterocycles. The lowest BCUT2D eigenvalue weighted by atomic mass is 10.1. The molecule has 0 spiro atoms. The Bertz CT molecular complexity index is 528. The normalized spacial score (nSPS) is 12.4. The average Bonchev–Trinajstić information content (AvgIpc) is 2.38. The Balaban J connectivity index is 2.22. The Hall–Kier alpha value is -1.81. The zero-order valence-corrected chi connectivity index (χ0v) is 11.7. The zero-order valence-electron chi connectivity index (χ0n) is 11.7. The van der Waals surface area contributed by atoms with Crippen LogP contribution in [0.5, 0.6) is 0 Å². The van der Waals surface area contributed by atoms with Gasteiger partial charge >= 0.3 is 0 Å². The summed E-state index contributed by atoms with van der Waals surface area (Å²) in [7, 11) is 0. The summed E-state index contributed by atoms with van der Waals surface area (Å²) < 4.78 is 0. The van der Waals surface area contributed by atoms with Crippen LogP contribution in [0, 0.1) is 13.8 Å². The third-order valence-corrected chi connectivity index (χ3v) is 3.07. The summed E-state index contributed by atoms with van der Waals surface area (Å²) in [5, 5.41) is 0. The first-order chi connectivity index (χ1) is 9.08. The number of pyridine rings is 1. The smallest absolute Gasteiger partial charge is 0.159 e. The van der Waals surface area contributed by atoms with Crippen LogP contribution >= 0.6 is 0 Å². The Kier molecular flexibility index (Phi) is 4.22. The van der Waals surface area contributed by atoms with Crippen LogP contribution in [-0.4, -0.2) is 21.0 Å². The van der Waals surface area contributed by atoms with Crippen molar-refractivity contribution in [3.63, 3.8) is 0 Å². The molecule has 0 aliphatic rings. The summed E-state index contributed by atoms with van der Waals surface area (Å²) in [5.41, 5.74) is 9.99. The van der Waals surface area contributed by atoms with Crippen molar-refractivity contribution in [2.45, 2.75) is 39.7 Å². The molecule has 0 amide bonds. The van der Waals surface area contributed by atoms with E-state index in [0.717, 1.165) is 41.2 Å². The van der Waals surface area contributed by atoms with Crippen molar-refractivity contribution in [3.05, 3.63) is 41.5 Å². The summed E-state index contributed by atoms with van der Waals surface area (Å²) >= 11 is 0. The maximum Gasteiger partial charge on any atom is 0.159 e. The van der Waals surface area contributed by atoms with Gasteiger partial charge in [0.2, 0.25) is 0 Å². The quantitative estimate of drug-likeness (QED) is 0.912. The van der Waals surface area contributed by atoms with Gasteiger partial charge in [-0.1, -0.05) is 6.92 Å². The molecule has 1 unspecified atom stereocenters. The van der Waals surface area contributed by atoms with Crippen molar-refractivity contribution in [1.29, 1.82) is 0 Å². The van der Waals surface area contributed by atoms with E-state index in [-0.39, 0.29) is 6.04 Å².